The molecule has 15 heteroatoms. The van der Waals surface area contributed by atoms with Gasteiger partial charge in [0.25, 0.3) is 0 Å². The summed E-state index contributed by atoms with van der Waals surface area (Å²) in [5.41, 5.74) is -1.44. The van der Waals surface area contributed by atoms with Crippen molar-refractivity contribution in [1.29, 1.82) is 0 Å². The van der Waals surface area contributed by atoms with Crippen LogP contribution in [-0.4, -0.2) is 81.3 Å². The topological polar surface area (TPSA) is 133 Å². The fourth-order valence-electron chi connectivity index (χ4n) is 5.13. The molecule has 0 radical (unpaired) electrons. The number of hydrogen-bond donors (Lipinski definition) is 2. The van der Waals surface area contributed by atoms with E-state index >= 15 is 4.39 Å². The van der Waals surface area contributed by atoms with Crippen LogP contribution >= 0.6 is 6.64 Å². The molecule has 45 heavy (non-hydrogen) atoms. The number of carbonyl (C=O) groups is 1. The zero-order valence-electron chi connectivity index (χ0n) is 26.2. The van der Waals surface area contributed by atoms with Gasteiger partial charge in [-0.1, -0.05) is 36.4 Å². The van der Waals surface area contributed by atoms with Crippen molar-refractivity contribution in [2.45, 2.75) is 70.9 Å². The Hall–Kier alpha value is -3.26. The molecule has 0 aliphatic carbocycles. The van der Waals surface area contributed by atoms with Gasteiger partial charge in [-0.3, -0.25) is 9.36 Å². The van der Waals surface area contributed by atoms with Gasteiger partial charge in [0.1, 0.15) is 29.8 Å². The SMILES string of the molecule is Cc1nc(N(C)C)c2ncn([C@@H]3O[C@H](COP(=S)(N[C@H](C)C(=O)OC(C)C)Oc4cccc5ccccc45)[C@@H](O)[C@@]3(C)F)c2n1. The van der Waals surface area contributed by atoms with Crippen molar-refractivity contribution in [3.05, 3.63) is 54.6 Å². The van der Waals surface area contributed by atoms with E-state index in [2.05, 4.69) is 20.0 Å². The van der Waals surface area contributed by atoms with Gasteiger partial charge in [-0.05, 0) is 57.9 Å². The number of halogens is 1. The van der Waals surface area contributed by atoms with Gasteiger partial charge in [0.2, 0.25) is 0 Å². The van der Waals surface area contributed by atoms with Crippen molar-refractivity contribution >= 4 is 52.2 Å². The molecule has 1 saturated heterocycles. The van der Waals surface area contributed by atoms with Crippen LogP contribution in [0.25, 0.3) is 21.9 Å². The number of esters is 1. The van der Waals surface area contributed by atoms with Gasteiger partial charge in [0, 0.05) is 19.5 Å². The molecule has 3 heterocycles. The highest BCUT2D eigenvalue weighted by Crippen LogP contribution is 2.49. The van der Waals surface area contributed by atoms with Crippen LogP contribution in [0.3, 0.4) is 0 Å². The molecule has 1 aliphatic heterocycles. The van der Waals surface area contributed by atoms with E-state index in [-0.39, 0.29) is 12.7 Å². The van der Waals surface area contributed by atoms with Crippen molar-refractivity contribution < 1.29 is 32.8 Å². The Morgan fingerprint density at radius 3 is 2.64 bits per heavy atom. The average Bonchev–Trinajstić information content (AvgIpc) is 3.48. The van der Waals surface area contributed by atoms with Crippen LogP contribution in [0.15, 0.2) is 48.8 Å². The Labute approximate surface area is 266 Å². The first-order valence-electron chi connectivity index (χ1n) is 14.5. The summed E-state index contributed by atoms with van der Waals surface area (Å²) in [5, 5.41) is 15.8. The minimum Gasteiger partial charge on any atom is -0.462 e. The van der Waals surface area contributed by atoms with E-state index in [9.17, 15) is 9.90 Å². The van der Waals surface area contributed by atoms with Gasteiger partial charge in [0.15, 0.2) is 28.9 Å². The summed E-state index contributed by atoms with van der Waals surface area (Å²) in [6.07, 6.45) is -2.98. The molecule has 2 aromatic carbocycles. The Morgan fingerprint density at radius 2 is 1.93 bits per heavy atom. The molecule has 2 N–H and O–H groups in total. The molecule has 1 aliphatic rings. The Morgan fingerprint density at radius 1 is 1.22 bits per heavy atom. The Bertz CT molecular complexity index is 1750. The quantitative estimate of drug-likeness (QED) is 0.172. The van der Waals surface area contributed by atoms with Crippen molar-refractivity contribution in [3.8, 4) is 5.75 Å². The number of imidazole rings is 1. The number of hydrogen-bond acceptors (Lipinski definition) is 11. The molecule has 1 unspecified atom stereocenters. The number of aryl methyl sites for hydroxylation is 1. The fraction of sp³-hybridized carbons (Fsp3) is 0.467. The third-order valence-electron chi connectivity index (χ3n) is 7.34. The van der Waals surface area contributed by atoms with Crippen molar-refractivity contribution in [2.24, 2.45) is 0 Å². The second kappa shape index (κ2) is 12.9. The Balaban J connectivity index is 1.42. The maximum Gasteiger partial charge on any atom is 0.323 e. The Kier molecular flexibility index (Phi) is 9.46. The highest BCUT2D eigenvalue weighted by atomic mass is 32.5. The lowest BCUT2D eigenvalue weighted by molar-refractivity contribution is -0.149. The van der Waals surface area contributed by atoms with Gasteiger partial charge in [-0.15, -0.1) is 0 Å². The van der Waals surface area contributed by atoms with Crippen molar-refractivity contribution in [3.63, 3.8) is 0 Å². The number of aliphatic hydroxyl groups excluding tert-OH is 1. The largest absolute Gasteiger partial charge is 0.462 e. The summed E-state index contributed by atoms with van der Waals surface area (Å²) in [7, 11) is 3.65. The summed E-state index contributed by atoms with van der Waals surface area (Å²) in [5.74, 6) is 0.928. The van der Waals surface area contributed by atoms with Crippen LogP contribution in [-0.2, 0) is 30.6 Å². The van der Waals surface area contributed by atoms with E-state index in [0.29, 0.717) is 28.6 Å². The molecule has 5 rings (SSSR count). The smallest absolute Gasteiger partial charge is 0.323 e. The molecule has 12 nitrogen and oxygen atoms in total. The number of aromatic nitrogens is 4. The summed E-state index contributed by atoms with van der Waals surface area (Å²) in [6.45, 7) is 4.17. The second-order valence-electron chi connectivity index (χ2n) is 11.6. The number of alkyl halides is 1. The van der Waals surface area contributed by atoms with Gasteiger partial charge in [-0.25, -0.2) is 24.4 Å². The third-order valence-corrected chi connectivity index (χ3v) is 9.83. The van der Waals surface area contributed by atoms with Crippen LogP contribution in [0.4, 0.5) is 10.2 Å². The highest BCUT2D eigenvalue weighted by Gasteiger charge is 2.56. The summed E-state index contributed by atoms with van der Waals surface area (Å²) in [6, 6.07) is 12.2. The molecular formula is C30H38FN6O6PS. The molecular weight excluding hydrogens is 622 g/mol. The lowest BCUT2D eigenvalue weighted by Crippen LogP contribution is -2.41. The number of carbonyl (C=O) groups excluding carboxylic acids is 1. The second-order valence-corrected chi connectivity index (χ2v) is 14.8. The number of benzene rings is 2. The van der Waals surface area contributed by atoms with Gasteiger partial charge in [0.05, 0.1) is 19.0 Å². The standard InChI is InChI=1S/C30H38FN6O6PS/c1-17(2)41-28(39)18(3)35-44(45,43-22-14-10-12-20-11-8-9-13-21(20)22)40-15-23-25(38)30(5,31)29(42-23)37-16-32-24-26(36(6)7)33-19(4)34-27(24)37/h8-14,16-18,23,25,29,38H,15H2,1-7H3,(H,35,45)/t18-,23-,25-,29-,30-,44?/m1/s1. The van der Waals surface area contributed by atoms with Gasteiger partial charge in [-0.2, -0.15) is 0 Å². The molecule has 4 aromatic rings. The van der Waals surface area contributed by atoms with Crippen LogP contribution < -0.4 is 14.5 Å². The predicted molar refractivity (Wildman–Crippen MR) is 172 cm³/mol. The zero-order chi connectivity index (χ0) is 32.7. The minimum absolute atomic E-state index is 0.345. The third kappa shape index (κ3) is 6.81. The molecule has 0 spiro atoms. The monoisotopic (exact) mass is 660 g/mol. The summed E-state index contributed by atoms with van der Waals surface area (Å²) in [4.78, 5) is 27.8. The van der Waals surface area contributed by atoms with Crippen molar-refractivity contribution in [1.82, 2.24) is 24.6 Å². The molecule has 0 amide bonds. The molecule has 0 bridgehead atoms. The number of rotatable bonds is 11. The maximum absolute atomic E-state index is 16.3. The summed E-state index contributed by atoms with van der Waals surface area (Å²) >= 11 is 5.89. The normalized spacial score (nSPS) is 23.7. The van der Waals surface area contributed by atoms with E-state index in [1.54, 1.807) is 38.7 Å². The maximum atomic E-state index is 16.3. The lowest BCUT2D eigenvalue weighted by atomic mass is 9.98. The number of nitrogens with zero attached hydrogens (tertiary/aromatic N) is 5. The molecule has 6 atom stereocenters. The zero-order valence-corrected chi connectivity index (χ0v) is 27.9. The van der Waals surface area contributed by atoms with Crippen LogP contribution in [0.1, 0.15) is 39.7 Å². The molecule has 2 aromatic heterocycles. The number of fused-ring (bicyclic) bond motifs is 2. The fourth-order valence-corrected chi connectivity index (χ4v) is 7.55. The van der Waals surface area contributed by atoms with E-state index in [1.807, 2.05) is 50.5 Å². The minimum atomic E-state index is -3.54. The first kappa shape index (κ1) is 33.1. The number of aliphatic hydroxyl groups is 1. The first-order chi connectivity index (χ1) is 21.2. The first-order valence-corrected chi connectivity index (χ1v) is 17.1. The molecule has 0 saturated carbocycles. The van der Waals surface area contributed by atoms with Crippen LogP contribution in [0, 0.1) is 6.92 Å². The van der Waals surface area contributed by atoms with Gasteiger partial charge < -0.3 is 28.5 Å². The van der Waals surface area contributed by atoms with E-state index in [4.69, 9.17) is 30.3 Å². The van der Waals surface area contributed by atoms with Gasteiger partial charge >= 0.3 is 12.6 Å². The van der Waals surface area contributed by atoms with Crippen molar-refractivity contribution in [2.75, 3.05) is 25.6 Å². The number of ether oxygens (including phenoxy) is 2. The van der Waals surface area contributed by atoms with Crippen LogP contribution in [0.2, 0.25) is 0 Å². The molecule has 1 fully saturated rings. The van der Waals surface area contributed by atoms with E-state index < -0.39 is 42.8 Å². The summed E-state index contributed by atoms with van der Waals surface area (Å²) < 4.78 is 41.6. The van der Waals surface area contributed by atoms with E-state index in [1.165, 1.54) is 17.8 Å². The molecule has 242 valence electrons. The van der Waals surface area contributed by atoms with Crippen LogP contribution in [0.5, 0.6) is 5.75 Å². The average molecular weight is 661 g/mol. The predicted octanol–water partition coefficient (Wildman–Crippen LogP) is 4.59. The van der Waals surface area contributed by atoms with E-state index in [0.717, 1.165) is 10.8 Å². The lowest BCUT2D eigenvalue weighted by Gasteiger charge is -2.28. The number of nitrogens with one attached hydrogen (secondary N) is 1. The highest BCUT2D eigenvalue weighted by molar-refractivity contribution is 8.09. The number of anilines is 1.